The molecule has 6 heteroatoms. The van der Waals surface area contributed by atoms with E-state index in [2.05, 4.69) is 14.3 Å². The number of nitrogens with zero attached hydrogens (tertiary/aromatic N) is 3. The number of pyridine rings is 1. The van der Waals surface area contributed by atoms with Gasteiger partial charge in [0.1, 0.15) is 11.2 Å². The smallest absolute Gasteiger partial charge is 0.268 e. The largest absolute Gasteiger partial charge is 0.364 e. The molecule has 0 aromatic carbocycles. The van der Waals surface area contributed by atoms with Crippen LogP contribution in [0.1, 0.15) is 10.5 Å². The molecule has 2 N–H and O–H groups in total. The molecule has 2 aromatic rings. The second-order valence-electron chi connectivity index (χ2n) is 2.52. The maximum atomic E-state index is 11.0. The highest BCUT2D eigenvalue weighted by Crippen LogP contribution is 2.18. The van der Waals surface area contributed by atoms with Crippen LogP contribution in [-0.4, -0.2) is 20.2 Å². The third kappa shape index (κ3) is 1.47. The summed E-state index contributed by atoms with van der Waals surface area (Å²) in [4.78, 5) is 18.9. The molecule has 0 bridgehead atoms. The highest BCUT2D eigenvalue weighted by atomic mass is 32.1. The molecular formula is C8H6N4OS. The number of aromatic nitrogens is 3. The van der Waals surface area contributed by atoms with Gasteiger partial charge in [0.25, 0.3) is 5.91 Å². The Labute approximate surface area is 83.8 Å². The van der Waals surface area contributed by atoms with Crippen molar-refractivity contribution in [1.82, 2.24) is 14.3 Å². The summed E-state index contributed by atoms with van der Waals surface area (Å²) in [6, 6.07) is 3.43. The minimum absolute atomic E-state index is 0.200. The van der Waals surface area contributed by atoms with Gasteiger partial charge in [0, 0.05) is 6.20 Å². The second kappa shape index (κ2) is 3.51. The lowest BCUT2D eigenvalue weighted by atomic mass is 10.2. The Morgan fingerprint density at radius 2 is 2.29 bits per heavy atom. The molecule has 2 aromatic heterocycles. The fraction of sp³-hybridized carbons (Fsp3) is 0. The van der Waals surface area contributed by atoms with E-state index in [4.69, 9.17) is 5.73 Å². The maximum absolute atomic E-state index is 11.0. The highest BCUT2D eigenvalue weighted by molar-refractivity contribution is 7.03. The van der Waals surface area contributed by atoms with Gasteiger partial charge in [-0.2, -0.15) is 4.37 Å². The predicted octanol–water partition coefficient (Wildman–Crippen LogP) is 0.699. The monoisotopic (exact) mass is 206 g/mol. The van der Waals surface area contributed by atoms with E-state index in [0.717, 1.165) is 0 Å². The van der Waals surface area contributed by atoms with E-state index in [-0.39, 0.29) is 5.69 Å². The van der Waals surface area contributed by atoms with Crippen molar-refractivity contribution in [3.05, 3.63) is 29.5 Å². The van der Waals surface area contributed by atoms with Crippen molar-refractivity contribution >= 4 is 17.4 Å². The van der Waals surface area contributed by atoms with Crippen LogP contribution in [0, 0.1) is 0 Å². The van der Waals surface area contributed by atoms with E-state index in [9.17, 15) is 4.79 Å². The normalized spacial score (nSPS) is 10.0. The first kappa shape index (κ1) is 8.76. The van der Waals surface area contributed by atoms with E-state index in [1.165, 1.54) is 17.7 Å². The Bertz CT molecular complexity index is 454. The van der Waals surface area contributed by atoms with Crippen molar-refractivity contribution in [1.29, 1.82) is 0 Å². The molecule has 70 valence electrons. The van der Waals surface area contributed by atoms with Crippen LogP contribution in [0.3, 0.4) is 0 Å². The molecule has 0 aliphatic rings. The number of rotatable bonds is 2. The van der Waals surface area contributed by atoms with Crippen LogP contribution in [0.2, 0.25) is 0 Å². The van der Waals surface area contributed by atoms with Crippen LogP contribution in [-0.2, 0) is 0 Å². The molecule has 1 amide bonds. The average Bonchev–Trinajstić information content (AvgIpc) is 2.70. The van der Waals surface area contributed by atoms with Crippen LogP contribution in [0.25, 0.3) is 11.4 Å². The predicted molar refractivity (Wildman–Crippen MR) is 51.7 cm³/mol. The summed E-state index contributed by atoms with van der Waals surface area (Å²) in [5, 5.41) is 0. The lowest BCUT2D eigenvalue weighted by Crippen LogP contribution is -2.14. The molecular weight excluding hydrogens is 200 g/mol. The molecule has 0 spiro atoms. The van der Waals surface area contributed by atoms with Crippen LogP contribution in [0.4, 0.5) is 0 Å². The number of hydrogen-bond donors (Lipinski definition) is 1. The van der Waals surface area contributed by atoms with Gasteiger partial charge in [-0.1, -0.05) is 0 Å². The molecule has 0 radical (unpaired) electrons. The molecule has 0 saturated heterocycles. The molecule has 0 aliphatic heterocycles. The SMILES string of the molecule is NC(=O)c1ncccc1-c1ncsn1. The van der Waals surface area contributed by atoms with E-state index < -0.39 is 5.91 Å². The van der Waals surface area contributed by atoms with Crippen LogP contribution >= 0.6 is 11.5 Å². The van der Waals surface area contributed by atoms with Gasteiger partial charge in [0.15, 0.2) is 5.82 Å². The number of carbonyl (C=O) groups excluding carboxylic acids is 1. The third-order valence-corrected chi connectivity index (χ3v) is 2.12. The molecule has 5 nitrogen and oxygen atoms in total. The zero-order valence-electron chi connectivity index (χ0n) is 7.04. The number of carbonyl (C=O) groups is 1. The third-order valence-electron chi connectivity index (χ3n) is 1.64. The summed E-state index contributed by atoms with van der Waals surface area (Å²) in [5.74, 6) is -0.0905. The zero-order valence-corrected chi connectivity index (χ0v) is 7.86. The summed E-state index contributed by atoms with van der Waals surface area (Å²) in [7, 11) is 0. The fourth-order valence-corrected chi connectivity index (χ4v) is 1.51. The average molecular weight is 206 g/mol. The summed E-state index contributed by atoms with van der Waals surface area (Å²) >= 11 is 1.21. The molecule has 0 fully saturated rings. The molecule has 0 atom stereocenters. The lowest BCUT2D eigenvalue weighted by molar-refractivity contribution is 0.0996. The van der Waals surface area contributed by atoms with Gasteiger partial charge in [-0.25, -0.2) is 4.98 Å². The van der Waals surface area contributed by atoms with Crippen molar-refractivity contribution in [3.8, 4) is 11.4 Å². The molecule has 0 saturated carbocycles. The minimum atomic E-state index is -0.574. The Kier molecular flexibility index (Phi) is 2.19. The Morgan fingerprint density at radius 1 is 1.43 bits per heavy atom. The molecule has 2 rings (SSSR count). The Morgan fingerprint density at radius 3 is 2.93 bits per heavy atom. The van der Waals surface area contributed by atoms with E-state index in [0.29, 0.717) is 11.4 Å². The van der Waals surface area contributed by atoms with Crippen molar-refractivity contribution < 1.29 is 4.79 Å². The van der Waals surface area contributed by atoms with Gasteiger partial charge in [-0.3, -0.25) is 9.78 Å². The summed E-state index contributed by atoms with van der Waals surface area (Å²) < 4.78 is 4.01. The highest BCUT2D eigenvalue weighted by Gasteiger charge is 2.12. The van der Waals surface area contributed by atoms with Crippen molar-refractivity contribution in [2.75, 3.05) is 0 Å². The first-order valence-electron chi connectivity index (χ1n) is 3.80. The Balaban J connectivity index is 2.58. The van der Waals surface area contributed by atoms with E-state index >= 15 is 0 Å². The number of hydrogen-bond acceptors (Lipinski definition) is 5. The maximum Gasteiger partial charge on any atom is 0.268 e. The number of amides is 1. The minimum Gasteiger partial charge on any atom is -0.364 e. The lowest BCUT2D eigenvalue weighted by Gasteiger charge is -1.99. The molecule has 2 heterocycles. The van der Waals surface area contributed by atoms with Gasteiger partial charge in [0.2, 0.25) is 0 Å². The number of primary amides is 1. The van der Waals surface area contributed by atoms with E-state index in [1.54, 1.807) is 17.6 Å². The van der Waals surface area contributed by atoms with Gasteiger partial charge in [0.05, 0.1) is 5.56 Å². The quantitative estimate of drug-likeness (QED) is 0.784. The summed E-state index contributed by atoms with van der Waals surface area (Å²) in [6.07, 6.45) is 1.51. The first-order chi connectivity index (χ1) is 6.79. The topological polar surface area (TPSA) is 81.8 Å². The Hall–Kier alpha value is -1.82. The molecule has 0 aliphatic carbocycles. The number of nitrogens with two attached hydrogens (primary N) is 1. The molecule has 14 heavy (non-hydrogen) atoms. The summed E-state index contributed by atoms with van der Waals surface area (Å²) in [6.45, 7) is 0. The van der Waals surface area contributed by atoms with Crippen molar-refractivity contribution in [2.24, 2.45) is 5.73 Å². The van der Waals surface area contributed by atoms with Crippen molar-refractivity contribution in [3.63, 3.8) is 0 Å². The van der Waals surface area contributed by atoms with Gasteiger partial charge in [-0.15, -0.1) is 0 Å². The van der Waals surface area contributed by atoms with Gasteiger partial charge >= 0.3 is 0 Å². The van der Waals surface area contributed by atoms with Gasteiger partial charge in [-0.05, 0) is 23.7 Å². The molecule has 0 unspecified atom stereocenters. The zero-order chi connectivity index (χ0) is 9.97. The van der Waals surface area contributed by atoms with Crippen molar-refractivity contribution in [2.45, 2.75) is 0 Å². The van der Waals surface area contributed by atoms with Crippen LogP contribution in [0.15, 0.2) is 23.8 Å². The standard InChI is InChI=1S/C8H6N4OS/c9-7(13)6-5(2-1-3-10-6)8-11-4-14-12-8/h1-4H,(H2,9,13). The second-order valence-corrected chi connectivity index (χ2v) is 3.12. The fourth-order valence-electron chi connectivity index (χ4n) is 1.07. The van der Waals surface area contributed by atoms with Crippen LogP contribution < -0.4 is 5.73 Å². The first-order valence-corrected chi connectivity index (χ1v) is 4.64. The summed E-state index contributed by atoms with van der Waals surface area (Å²) in [5.41, 5.74) is 7.53. The van der Waals surface area contributed by atoms with Gasteiger partial charge < -0.3 is 5.73 Å². The van der Waals surface area contributed by atoms with E-state index in [1.807, 2.05) is 0 Å². The van der Waals surface area contributed by atoms with Crippen LogP contribution in [0.5, 0.6) is 0 Å².